The van der Waals surface area contributed by atoms with Gasteiger partial charge in [-0.2, -0.15) is 0 Å². The van der Waals surface area contributed by atoms with E-state index < -0.39 is 19.1 Å². The van der Waals surface area contributed by atoms with E-state index >= 15 is 0 Å². The maximum absolute atomic E-state index is 12.1. The van der Waals surface area contributed by atoms with Gasteiger partial charge >= 0.3 is 6.98 Å². The van der Waals surface area contributed by atoms with Crippen LogP contribution in [0.2, 0.25) is 0 Å². The zero-order valence-corrected chi connectivity index (χ0v) is 6.66. The molecule has 1 aromatic rings. The van der Waals surface area contributed by atoms with Gasteiger partial charge in [-0.15, -0.1) is 0 Å². The lowest BCUT2D eigenvalue weighted by Gasteiger charge is -2.08. The Hall–Kier alpha value is -0.965. The van der Waals surface area contributed by atoms with Gasteiger partial charge in [0.05, 0.1) is 12.1 Å². The van der Waals surface area contributed by atoms with Gasteiger partial charge in [0, 0.05) is 0 Å². The molecule has 5 heteroatoms. The topological polar surface area (TPSA) is 12.5 Å². The van der Waals surface area contributed by atoms with E-state index in [1.165, 1.54) is 0 Å². The fraction of sp³-hybridized carbons (Fsp3) is 0.250. The second kappa shape index (κ2) is 2.77. The summed E-state index contributed by atoms with van der Waals surface area (Å²) in [4.78, 5) is 0. The minimum absolute atomic E-state index is 0.603. The lowest BCUT2D eigenvalue weighted by atomic mass is 9.82. The summed E-state index contributed by atoms with van der Waals surface area (Å²) in [6.07, 6.45) is -0.763. The van der Waals surface area contributed by atoms with Gasteiger partial charge in [-0.25, -0.2) is 0 Å². The summed E-state index contributed by atoms with van der Waals surface area (Å²) in [6.45, 7) is -4.85. The molecule has 13 heavy (non-hydrogen) atoms. The van der Waals surface area contributed by atoms with Crippen molar-refractivity contribution < 1.29 is 17.7 Å². The number of hydrogen-bond donors (Lipinski definition) is 0. The largest absolute Gasteiger partial charge is 0.509 e. The van der Waals surface area contributed by atoms with Crippen LogP contribution in [0.3, 0.4) is 0 Å². The van der Waals surface area contributed by atoms with Gasteiger partial charge < -0.3 is 17.7 Å². The average molecular weight is 187 g/mol. The Morgan fingerprint density at radius 2 is 1.69 bits per heavy atom. The molecule has 1 fully saturated rings. The van der Waals surface area contributed by atoms with Crippen molar-refractivity contribution in [3.63, 3.8) is 0 Å². The standard InChI is InChI=1S/C8H7BF3O/c10-9(11,12)8-7(13-8)6-4-2-1-3-5-6/h1-5,7-8H/q-1. The van der Waals surface area contributed by atoms with Crippen molar-refractivity contribution in [1.82, 2.24) is 0 Å². The predicted octanol–water partition coefficient (Wildman–Crippen LogP) is 2.51. The van der Waals surface area contributed by atoms with Gasteiger partial charge in [-0.05, 0) is 5.56 Å². The fourth-order valence-electron chi connectivity index (χ4n) is 1.32. The Labute approximate surface area is 73.6 Å². The first-order valence-corrected chi connectivity index (χ1v) is 3.99. The minimum Gasteiger partial charge on any atom is -0.447 e. The van der Waals surface area contributed by atoms with Crippen LogP contribution in [0.15, 0.2) is 30.3 Å². The summed E-state index contributed by atoms with van der Waals surface area (Å²) < 4.78 is 40.9. The summed E-state index contributed by atoms with van der Waals surface area (Å²) in [5.41, 5.74) is 0.603. The molecule has 2 unspecified atom stereocenters. The van der Waals surface area contributed by atoms with E-state index in [1.54, 1.807) is 30.3 Å². The number of epoxide rings is 1. The molecule has 70 valence electrons. The SMILES string of the molecule is F[B-](F)(F)C1OC1c1ccccc1. The van der Waals surface area contributed by atoms with Gasteiger partial charge in [0.1, 0.15) is 0 Å². The number of benzene rings is 1. The van der Waals surface area contributed by atoms with Crippen molar-refractivity contribution in [2.75, 3.05) is 0 Å². The van der Waals surface area contributed by atoms with Gasteiger partial charge in [-0.1, -0.05) is 30.3 Å². The highest BCUT2D eigenvalue weighted by molar-refractivity contribution is 6.61. The zero-order valence-electron chi connectivity index (χ0n) is 6.66. The van der Waals surface area contributed by atoms with Crippen molar-refractivity contribution in [2.24, 2.45) is 0 Å². The summed E-state index contributed by atoms with van der Waals surface area (Å²) in [7, 11) is 0. The molecular weight excluding hydrogens is 180 g/mol. The van der Waals surface area contributed by atoms with Crippen LogP contribution in [0.25, 0.3) is 0 Å². The van der Waals surface area contributed by atoms with Gasteiger partial charge in [0.25, 0.3) is 0 Å². The average Bonchev–Trinajstić information content (AvgIpc) is 2.83. The fourth-order valence-corrected chi connectivity index (χ4v) is 1.32. The Morgan fingerprint density at radius 1 is 1.08 bits per heavy atom. The highest BCUT2D eigenvalue weighted by Gasteiger charge is 2.53. The Morgan fingerprint density at radius 3 is 2.15 bits per heavy atom. The third kappa shape index (κ3) is 1.70. The Bertz CT molecular complexity index is 298. The molecule has 0 radical (unpaired) electrons. The highest BCUT2D eigenvalue weighted by atomic mass is 19.4. The molecule has 1 aromatic carbocycles. The Kier molecular flexibility index (Phi) is 1.84. The molecule has 0 aromatic heterocycles. The van der Waals surface area contributed by atoms with Crippen LogP contribution in [0.5, 0.6) is 0 Å². The van der Waals surface area contributed by atoms with Crippen molar-refractivity contribution >= 4 is 6.98 Å². The van der Waals surface area contributed by atoms with E-state index in [-0.39, 0.29) is 0 Å². The first-order chi connectivity index (χ1) is 6.09. The molecule has 1 nitrogen and oxygen atoms in total. The maximum atomic E-state index is 12.1. The summed E-state index contributed by atoms with van der Waals surface area (Å²) >= 11 is 0. The van der Waals surface area contributed by atoms with Crippen LogP contribution in [0.4, 0.5) is 12.9 Å². The van der Waals surface area contributed by atoms with E-state index in [2.05, 4.69) is 4.74 Å². The molecule has 2 atom stereocenters. The molecule has 0 amide bonds. The molecule has 1 saturated heterocycles. The van der Waals surface area contributed by atoms with E-state index in [0.29, 0.717) is 5.56 Å². The normalized spacial score (nSPS) is 27.3. The van der Waals surface area contributed by atoms with Crippen LogP contribution in [-0.4, -0.2) is 13.0 Å². The minimum atomic E-state index is -4.85. The van der Waals surface area contributed by atoms with Crippen molar-refractivity contribution in [3.8, 4) is 0 Å². The van der Waals surface area contributed by atoms with Crippen molar-refractivity contribution in [3.05, 3.63) is 35.9 Å². The first kappa shape index (κ1) is 8.63. The van der Waals surface area contributed by atoms with Crippen LogP contribution in [0, 0.1) is 0 Å². The molecule has 0 bridgehead atoms. The molecule has 1 aliphatic rings. The van der Waals surface area contributed by atoms with Crippen LogP contribution < -0.4 is 0 Å². The van der Waals surface area contributed by atoms with Gasteiger partial charge in [-0.3, -0.25) is 0 Å². The number of hydrogen-bond acceptors (Lipinski definition) is 1. The number of rotatable bonds is 2. The second-order valence-electron chi connectivity index (χ2n) is 3.06. The van der Waals surface area contributed by atoms with Crippen LogP contribution >= 0.6 is 0 Å². The highest BCUT2D eigenvalue weighted by Crippen LogP contribution is 2.45. The molecule has 1 aliphatic heterocycles. The molecule has 0 N–H and O–H groups in total. The Balaban J connectivity index is 2.09. The smallest absolute Gasteiger partial charge is 0.447 e. The monoisotopic (exact) mass is 187 g/mol. The van der Waals surface area contributed by atoms with Crippen LogP contribution in [-0.2, 0) is 4.74 Å². The van der Waals surface area contributed by atoms with Crippen molar-refractivity contribution in [1.29, 1.82) is 0 Å². The first-order valence-electron chi connectivity index (χ1n) is 3.99. The molecule has 2 rings (SSSR count). The van der Waals surface area contributed by atoms with Gasteiger partial charge in [0.2, 0.25) is 0 Å². The number of halogens is 3. The summed E-state index contributed by atoms with van der Waals surface area (Å²) in [5.74, 6) is 0. The van der Waals surface area contributed by atoms with Gasteiger partial charge in [0.15, 0.2) is 0 Å². The molecule has 0 aliphatic carbocycles. The summed E-state index contributed by atoms with van der Waals surface area (Å²) in [5, 5.41) is 0. The maximum Gasteiger partial charge on any atom is 0.509 e. The lowest BCUT2D eigenvalue weighted by Crippen LogP contribution is -2.24. The van der Waals surface area contributed by atoms with E-state index in [0.717, 1.165) is 0 Å². The van der Waals surface area contributed by atoms with E-state index in [1.807, 2.05) is 0 Å². The number of ether oxygens (including phenoxy) is 1. The lowest BCUT2D eigenvalue weighted by molar-refractivity contribution is 0.357. The third-order valence-corrected chi connectivity index (χ3v) is 2.03. The molecule has 1 heterocycles. The molecular formula is C8H7BF3O-. The quantitative estimate of drug-likeness (QED) is 0.511. The third-order valence-electron chi connectivity index (χ3n) is 2.03. The molecule has 0 saturated carbocycles. The molecule has 0 spiro atoms. The van der Waals surface area contributed by atoms with Crippen molar-refractivity contribution in [2.45, 2.75) is 12.1 Å². The van der Waals surface area contributed by atoms with E-state index in [4.69, 9.17) is 0 Å². The van der Waals surface area contributed by atoms with Crippen LogP contribution in [0.1, 0.15) is 11.7 Å². The summed E-state index contributed by atoms with van der Waals surface area (Å²) in [6, 6.07) is 6.93. The zero-order chi connectivity index (χ0) is 9.47. The second-order valence-corrected chi connectivity index (χ2v) is 3.06. The van der Waals surface area contributed by atoms with E-state index in [9.17, 15) is 12.9 Å². The predicted molar refractivity (Wildman–Crippen MR) is 43.1 cm³/mol.